The van der Waals surface area contributed by atoms with Crippen LogP contribution >= 0.6 is 0 Å². The van der Waals surface area contributed by atoms with Crippen molar-refractivity contribution in [2.45, 2.75) is 25.7 Å². The minimum atomic E-state index is -1.23. The molecule has 0 bridgehead atoms. The molecule has 8 nitrogen and oxygen atoms in total. The van der Waals surface area contributed by atoms with E-state index in [1.807, 2.05) is 24.3 Å². The second kappa shape index (κ2) is 9.64. The normalized spacial score (nSPS) is 18.2. The van der Waals surface area contributed by atoms with E-state index in [1.54, 1.807) is 18.2 Å². The highest BCUT2D eigenvalue weighted by atomic mass is 16.5. The molecule has 2 heterocycles. The number of benzene rings is 1. The molecule has 1 aliphatic carbocycles. The molecule has 0 spiro atoms. The van der Waals surface area contributed by atoms with Gasteiger partial charge in [0.2, 0.25) is 12.4 Å². The van der Waals surface area contributed by atoms with Gasteiger partial charge >= 0.3 is 0 Å². The quantitative estimate of drug-likeness (QED) is 0.405. The molecule has 1 saturated carbocycles. The Hall–Kier alpha value is -3.68. The first-order valence-electron chi connectivity index (χ1n) is 10.8. The first-order chi connectivity index (χ1) is 15.5. The van der Waals surface area contributed by atoms with E-state index in [2.05, 4.69) is 15.6 Å². The topological polar surface area (TPSA) is 118 Å². The number of pyridine rings is 2. The van der Waals surface area contributed by atoms with Gasteiger partial charge in [0.05, 0.1) is 16.8 Å². The fourth-order valence-corrected chi connectivity index (χ4v) is 4.30. The maximum atomic E-state index is 13.1. The summed E-state index contributed by atoms with van der Waals surface area (Å²) in [6, 6.07) is 12.8. The summed E-state index contributed by atoms with van der Waals surface area (Å²) in [5.74, 6) is 0.564. The number of fused-ring (bicyclic) bond motifs is 1. The van der Waals surface area contributed by atoms with Gasteiger partial charge in [-0.2, -0.15) is 0 Å². The van der Waals surface area contributed by atoms with Crippen molar-refractivity contribution in [3.05, 3.63) is 60.4 Å². The molecule has 1 aliphatic rings. The smallest absolute Gasteiger partial charge is 0.252 e. The van der Waals surface area contributed by atoms with Crippen molar-refractivity contribution >= 4 is 22.9 Å². The van der Waals surface area contributed by atoms with E-state index >= 15 is 0 Å². The standard InChI is InChI=1S/C24H26N4O4/c29-23(25-14-16-5-7-17(8-6-16)15-26-24(30)31)20-13-22(18-9-11-28(32)12-10-18)27-21-4-2-1-3-19(20)21/h1-4,9-13,16-17,26H,5-8,14-15H2,(H2-,25,27,29,30,31,32). The lowest BCUT2D eigenvalue weighted by Crippen LogP contribution is -2.40. The van der Waals surface area contributed by atoms with Crippen LogP contribution in [-0.2, 0) is 0 Å². The molecule has 0 radical (unpaired) electrons. The maximum Gasteiger partial charge on any atom is 0.252 e. The molecule has 4 rings (SSSR count). The van der Waals surface area contributed by atoms with Crippen molar-refractivity contribution in [1.29, 1.82) is 0 Å². The first kappa shape index (κ1) is 21.5. The zero-order valence-corrected chi connectivity index (χ0v) is 17.7. The Kier molecular flexibility index (Phi) is 6.49. The number of nitrogens with zero attached hydrogens (tertiary/aromatic N) is 2. The lowest BCUT2D eigenvalue weighted by Gasteiger charge is -2.29. The average molecular weight is 434 g/mol. The van der Waals surface area contributed by atoms with Crippen LogP contribution in [0.2, 0.25) is 0 Å². The zero-order valence-electron chi connectivity index (χ0n) is 17.7. The van der Waals surface area contributed by atoms with Gasteiger partial charge in [0, 0.05) is 40.9 Å². The summed E-state index contributed by atoms with van der Waals surface area (Å²) < 4.78 is 0.960. The number of para-hydroxylation sites is 1. The van der Waals surface area contributed by atoms with Gasteiger partial charge in [-0.1, -0.05) is 18.2 Å². The van der Waals surface area contributed by atoms with Crippen LogP contribution in [0.25, 0.3) is 22.2 Å². The molecular weight excluding hydrogens is 408 g/mol. The van der Waals surface area contributed by atoms with Gasteiger partial charge in [0.25, 0.3) is 5.91 Å². The highest BCUT2D eigenvalue weighted by Gasteiger charge is 2.22. The average Bonchev–Trinajstić information content (AvgIpc) is 2.81. The molecule has 0 saturated heterocycles. The van der Waals surface area contributed by atoms with Crippen molar-refractivity contribution in [2.75, 3.05) is 13.1 Å². The molecule has 0 aliphatic heterocycles. The third-order valence-electron chi connectivity index (χ3n) is 6.12. The summed E-state index contributed by atoms with van der Waals surface area (Å²) in [7, 11) is 0. The molecule has 1 fully saturated rings. The first-order valence-corrected chi connectivity index (χ1v) is 10.8. The van der Waals surface area contributed by atoms with Gasteiger partial charge in [-0.15, -0.1) is 0 Å². The number of carboxylic acid groups (broad SMARTS) is 1. The van der Waals surface area contributed by atoms with Gasteiger partial charge in [-0.3, -0.25) is 10.0 Å². The number of aromatic nitrogens is 2. The zero-order chi connectivity index (χ0) is 22.5. The Morgan fingerprint density at radius 1 is 1.00 bits per heavy atom. The van der Waals surface area contributed by atoms with E-state index in [-0.39, 0.29) is 5.91 Å². The summed E-state index contributed by atoms with van der Waals surface area (Å²) in [5.41, 5.74) is 2.77. The highest BCUT2D eigenvalue weighted by Crippen LogP contribution is 2.28. The Bertz CT molecular complexity index is 1110. The summed E-state index contributed by atoms with van der Waals surface area (Å²) in [5, 5.41) is 26.3. The number of amides is 2. The number of hydrogen-bond acceptors (Lipinski definition) is 5. The van der Waals surface area contributed by atoms with Crippen LogP contribution in [0.5, 0.6) is 0 Å². The molecule has 2 amide bonds. The number of rotatable bonds is 6. The van der Waals surface area contributed by atoms with Gasteiger partial charge in [0.1, 0.15) is 6.09 Å². The Balaban J connectivity index is 1.45. The van der Waals surface area contributed by atoms with Crippen LogP contribution in [0.4, 0.5) is 4.79 Å². The molecule has 0 unspecified atom stereocenters. The molecule has 2 aromatic heterocycles. The van der Waals surface area contributed by atoms with E-state index in [4.69, 9.17) is 0 Å². The van der Waals surface area contributed by atoms with E-state index in [0.717, 1.165) is 46.9 Å². The lowest BCUT2D eigenvalue weighted by molar-refractivity contribution is -0.904. The maximum absolute atomic E-state index is 13.1. The molecule has 0 atom stereocenters. The van der Waals surface area contributed by atoms with Crippen molar-refractivity contribution in [3.8, 4) is 11.3 Å². The second-order valence-electron chi connectivity index (χ2n) is 8.30. The highest BCUT2D eigenvalue weighted by molar-refractivity contribution is 6.07. The summed E-state index contributed by atoms with van der Waals surface area (Å²) in [4.78, 5) is 28.4. The number of hydrogen-bond donors (Lipinski definition) is 3. The van der Waals surface area contributed by atoms with Gasteiger partial charge in [0.15, 0.2) is 0 Å². The van der Waals surface area contributed by atoms with E-state index < -0.39 is 6.09 Å². The largest absolute Gasteiger partial charge is 0.530 e. The molecule has 8 heteroatoms. The predicted molar refractivity (Wildman–Crippen MR) is 116 cm³/mol. The molecule has 3 N–H and O–H groups in total. The Labute approximate surface area is 185 Å². The van der Waals surface area contributed by atoms with Crippen LogP contribution in [0, 0.1) is 11.8 Å². The van der Waals surface area contributed by atoms with Gasteiger partial charge in [-0.05, 0) is 49.7 Å². The SMILES string of the molecule is O=C([O-])NCC1CCC(CNC(=O)c2cc(-c3cc[n+](O)cc3)nc3ccccc23)CC1. The second-order valence-corrected chi connectivity index (χ2v) is 8.30. The van der Waals surface area contributed by atoms with E-state index in [1.165, 1.54) is 12.4 Å². The molecule has 1 aromatic carbocycles. The number of carbonyl (C=O) groups is 2. The fourth-order valence-electron chi connectivity index (χ4n) is 4.30. The van der Waals surface area contributed by atoms with E-state index in [9.17, 15) is 19.9 Å². The van der Waals surface area contributed by atoms with Crippen LogP contribution in [0.1, 0.15) is 36.0 Å². The van der Waals surface area contributed by atoms with Gasteiger partial charge < -0.3 is 20.5 Å². The summed E-state index contributed by atoms with van der Waals surface area (Å²) >= 11 is 0. The number of carbonyl (C=O) groups excluding carboxylic acids is 2. The monoisotopic (exact) mass is 434 g/mol. The van der Waals surface area contributed by atoms with Crippen LogP contribution < -0.4 is 20.5 Å². The van der Waals surface area contributed by atoms with Crippen molar-refractivity contribution in [1.82, 2.24) is 15.6 Å². The molecule has 166 valence electrons. The third-order valence-corrected chi connectivity index (χ3v) is 6.12. The number of nitrogens with one attached hydrogen (secondary N) is 2. The minimum absolute atomic E-state index is 0.140. The Morgan fingerprint density at radius 2 is 1.62 bits per heavy atom. The summed E-state index contributed by atoms with van der Waals surface area (Å²) in [6.45, 7) is 1.02. The Morgan fingerprint density at radius 3 is 2.28 bits per heavy atom. The van der Waals surface area contributed by atoms with E-state index in [0.29, 0.717) is 36.2 Å². The van der Waals surface area contributed by atoms with Crippen molar-refractivity contribution in [2.24, 2.45) is 11.8 Å². The van der Waals surface area contributed by atoms with Crippen LogP contribution in [0.15, 0.2) is 54.9 Å². The fraction of sp³-hybridized carbons (Fsp3) is 0.333. The van der Waals surface area contributed by atoms with Gasteiger partial charge in [-0.25, -0.2) is 4.98 Å². The minimum Gasteiger partial charge on any atom is -0.530 e. The predicted octanol–water partition coefficient (Wildman–Crippen LogP) is 1.90. The van der Waals surface area contributed by atoms with Crippen molar-refractivity contribution < 1.29 is 24.6 Å². The molecule has 32 heavy (non-hydrogen) atoms. The molecular formula is C24H26N4O4. The summed E-state index contributed by atoms with van der Waals surface area (Å²) in [6.07, 6.45) is 5.58. The third kappa shape index (κ3) is 5.14. The molecule has 3 aromatic rings. The lowest BCUT2D eigenvalue weighted by atomic mass is 9.82. The van der Waals surface area contributed by atoms with Crippen LogP contribution in [0.3, 0.4) is 0 Å². The van der Waals surface area contributed by atoms with Crippen molar-refractivity contribution in [3.63, 3.8) is 0 Å². The van der Waals surface area contributed by atoms with Crippen LogP contribution in [-0.4, -0.2) is 35.3 Å².